The molecule has 5 heteroatoms. The van der Waals surface area contributed by atoms with Crippen molar-refractivity contribution in [2.24, 2.45) is 0 Å². The number of hydrogen-bond donors (Lipinski definition) is 0. The van der Waals surface area contributed by atoms with Crippen LogP contribution in [-0.4, -0.2) is 22.2 Å². The van der Waals surface area contributed by atoms with Gasteiger partial charge in [-0.2, -0.15) is 0 Å². The topological polar surface area (TPSA) is 53.4 Å². The molecular weight excluding hydrogens is 208 g/mol. The molecule has 0 spiro atoms. The number of carbonyl (C=O) groups is 1. The van der Waals surface area contributed by atoms with Gasteiger partial charge in [-0.25, -0.2) is 4.79 Å². The number of rotatable bonds is 2. The summed E-state index contributed by atoms with van der Waals surface area (Å²) >= 11 is 0. The smallest absolute Gasteiger partial charge is 0.429 e. The second-order valence-electron chi connectivity index (χ2n) is 4.17. The van der Waals surface area contributed by atoms with E-state index in [0.29, 0.717) is 0 Å². The fourth-order valence-electron chi connectivity index (χ4n) is 1.94. The van der Waals surface area contributed by atoms with Gasteiger partial charge in [-0.1, -0.05) is 4.85 Å². The molecule has 1 fully saturated rings. The maximum absolute atomic E-state index is 11.4. The molecule has 88 valence electrons. The first-order valence-corrected chi connectivity index (χ1v) is 5.57. The molecule has 1 saturated carbocycles. The minimum atomic E-state index is -0.668. The van der Waals surface area contributed by atoms with Gasteiger partial charge in [0.2, 0.25) is 0 Å². The first kappa shape index (κ1) is 11.0. The highest BCUT2D eigenvalue weighted by atomic mass is 16.8. The number of aromatic nitrogens is 2. The maximum atomic E-state index is 11.4. The number of hydrogen-bond acceptors (Lipinski definition) is 4. The lowest BCUT2D eigenvalue weighted by Gasteiger charge is -2.10. The maximum Gasteiger partial charge on any atom is 0.535 e. The summed E-state index contributed by atoms with van der Waals surface area (Å²) in [5.41, 5.74) is 1.59. The molecule has 0 bridgehead atoms. The number of carbonyl (C=O) groups excluding carboxylic acids is 1. The normalized spacial score (nSPS) is 16.4. The summed E-state index contributed by atoms with van der Waals surface area (Å²) in [6.07, 6.45) is 3.47. The molecule has 0 aliphatic heterocycles. The van der Waals surface area contributed by atoms with Crippen LogP contribution >= 0.6 is 0 Å². The van der Waals surface area contributed by atoms with E-state index in [2.05, 4.69) is 5.10 Å². The second kappa shape index (κ2) is 4.55. The average Bonchev–Trinajstić information content (AvgIpc) is 2.78. The molecule has 0 atom stereocenters. The van der Waals surface area contributed by atoms with E-state index in [1.165, 1.54) is 4.85 Å². The lowest BCUT2D eigenvalue weighted by atomic mass is 10.3. The van der Waals surface area contributed by atoms with Crippen LogP contribution in [0, 0.1) is 13.8 Å². The zero-order valence-corrected chi connectivity index (χ0v) is 9.60. The van der Waals surface area contributed by atoms with Gasteiger partial charge < -0.3 is 4.74 Å². The summed E-state index contributed by atoms with van der Waals surface area (Å²) in [5, 5.41) is 4.02. The van der Waals surface area contributed by atoms with Crippen LogP contribution < -0.4 is 4.84 Å². The summed E-state index contributed by atoms with van der Waals surface area (Å²) < 4.78 is 5.16. The molecule has 0 saturated heterocycles. The van der Waals surface area contributed by atoms with E-state index in [1.807, 2.05) is 19.9 Å². The third kappa shape index (κ3) is 2.53. The van der Waals surface area contributed by atoms with Crippen molar-refractivity contribution in [2.45, 2.75) is 45.6 Å². The van der Waals surface area contributed by atoms with Gasteiger partial charge in [-0.15, -0.1) is 5.10 Å². The van der Waals surface area contributed by atoms with Crippen LogP contribution in [0.4, 0.5) is 4.79 Å². The third-order valence-electron chi connectivity index (χ3n) is 2.69. The van der Waals surface area contributed by atoms with Crippen LogP contribution in [0.25, 0.3) is 0 Å². The minimum absolute atomic E-state index is 0.0180. The predicted octanol–water partition coefficient (Wildman–Crippen LogP) is 2.01. The van der Waals surface area contributed by atoms with Gasteiger partial charge in [-0.3, -0.25) is 4.84 Å². The van der Waals surface area contributed by atoms with Crippen LogP contribution in [0.2, 0.25) is 0 Å². The van der Waals surface area contributed by atoms with Crippen molar-refractivity contribution in [3.8, 4) is 0 Å². The Kier molecular flexibility index (Phi) is 3.12. The molecule has 1 heterocycles. The summed E-state index contributed by atoms with van der Waals surface area (Å²) in [6.45, 7) is 3.66. The van der Waals surface area contributed by atoms with Gasteiger partial charge in [0, 0.05) is 0 Å². The first-order valence-electron chi connectivity index (χ1n) is 5.57. The standard InChI is InChI=1S/C11H16N2O3/c1-8-7-9(2)13(12-8)16-11(14)15-10-5-3-4-6-10/h7,10H,3-6H2,1-2H3. The quantitative estimate of drug-likeness (QED) is 0.721. The van der Waals surface area contributed by atoms with Gasteiger partial charge in [0.25, 0.3) is 0 Å². The van der Waals surface area contributed by atoms with E-state index >= 15 is 0 Å². The molecule has 0 unspecified atom stereocenters. The van der Waals surface area contributed by atoms with E-state index < -0.39 is 6.16 Å². The first-order chi connectivity index (χ1) is 7.65. The Hall–Kier alpha value is -1.52. The Morgan fingerprint density at radius 2 is 2.12 bits per heavy atom. The van der Waals surface area contributed by atoms with Gasteiger partial charge in [0.1, 0.15) is 6.10 Å². The third-order valence-corrected chi connectivity index (χ3v) is 2.69. The number of ether oxygens (including phenoxy) is 1. The SMILES string of the molecule is Cc1cc(C)n(OC(=O)OC2CCCC2)n1. The van der Waals surface area contributed by atoms with E-state index in [9.17, 15) is 4.79 Å². The summed E-state index contributed by atoms with van der Waals surface area (Å²) in [5.74, 6) is 0. The van der Waals surface area contributed by atoms with Gasteiger partial charge in [-0.05, 0) is 45.6 Å². The van der Waals surface area contributed by atoms with Crippen LogP contribution in [0.3, 0.4) is 0 Å². The van der Waals surface area contributed by atoms with E-state index in [-0.39, 0.29) is 6.10 Å². The zero-order chi connectivity index (χ0) is 11.5. The molecule has 1 aliphatic carbocycles. The molecule has 5 nitrogen and oxygen atoms in total. The molecule has 0 aromatic carbocycles. The monoisotopic (exact) mass is 224 g/mol. The molecule has 1 aromatic rings. The van der Waals surface area contributed by atoms with Crippen molar-refractivity contribution in [3.63, 3.8) is 0 Å². The lowest BCUT2D eigenvalue weighted by molar-refractivity contribution is 0.0103. The molecule has 0 N–H and O–H groups in total. The van der Waals surface area contributed by atoms with Crippen LogP contribution in [-0.2, 0) is 4.74 Å². The molecule has 1 aromatic heterocycles. The Morgan fingerprint density at radius 1 is 1.44 bits per heavy atom. The highest BCUT2D eigenvalue weighted by Gasteiger charge is 2.21. The molecule has 0 radical (unpaired) electrons. The van der Waals surface area contributed by atoms with Crippen LogP contribution in [0.15, 0.2) is 6.07 Å². The number of aryl methyl sites for hydroxylation is 2. The van der Waals surface area contributed by atoms with Gasteiger partial charge in [0.05, 0.1) is 11.4 Å². The largest absolute Gasteiger partial charge is 0.535 e. The van der Waals surface area contributed by atoms with Crippen molar-refractivity contribution < 1.29 is 14.4 Å². The average molecular weight is 224 g/mol. The predicted molar refractivity (Wildman–Crippen MR) is 57.0 cm³/mol. The Balaban J connectivity index is 1.89. The fraction of sp³-hybridized carbons (Fsp3) is 0.636. The van der Waals surface area contributed by atoms with Gasteiger partial charge in [0.15, 0.2) is 0 Å². The van der Waals surface area contributed by atoms with Crippen LogP contribution in [0.5, 0.6) is 0 Å². The van der Waals surface area contributed by atoms with Crippen LogP contribution in [0.1, 0.15) is 37.1 Å². The summed E-state index contributed by atoms with van der Waals surface area (Å²) in [4.78, 5) is 17.6. The van der Waals surface area contributed by atoms with Crippen molar-refractivity contribution in [3.05, 3.63) is 17.5 Å². The summed E-state index contributed by atoms with van der Waals surface area (Å²) in [7, 11) is 0. The van der Waals surface area contributed by atoms with Crippen molar-refractivity contribution >= 4 is 6.16 Å². The molecule has 1 aliphatic rings. The lowest BCUT2D eigenvalue weighted by Crippen LogP contribution is -2.26. The van der Waals surface area contributed by atoms with Crippen molar-refractivity contribution in [1.29, 1.82) is 0 Å². The second-order valence-corrected chi connectivity index (χ2v) is 4.17. The number of nitrogens with zero attached hydrogens (tertiary/aromatic N) is 2. The summed E-state index contributed by atoms with van der Waals surface area (Å²) in [6, 6.07) is 1.84. The molecule has 2 rings (SSSR count). The molecule has 0 amide bonds. The Labute approximate surface area is 94.3 Å². The Bertz CT molecular complexity index is 381. The van der Waals surface area contributed by atoms with E-state index in [1.54, 1.807) is 0 Å². The molecular formula is C11H16N2O3. The molecule has 16 heavy (non-hydrogen) atoms. The van der Waals surface area contributed by atoms with Gasteiger partial charge >= 0.3 is 6.16 Å². The van der Waals surface area contributed by atoms with Crippen molar-refractivity contribution in [1.82, 2.24) is 9.94 Å². The minimum Gasteiger partial charge on any atom is -0.429 e. The van der Waals surface area contributed by atoms with E-state index in [0.717, 1.165) is 37.1 Å². The zero-order valence-electron chi connectivity index (χ0n) is 9.60. The Morgan fingerprint density at radius 3 is 2.69 bits per heavy atom. The highest BCUT2D eigenvalue weighted by Crippen LogP contribution is 2.20. The highest BCUT2D eigenvalue weighted by molar-refractivity contribution is 5.60. The fourth-order valence-corrected chi connectivity index (χ4v) is 1.94. The van der Waals surface area contributed by atoms with E-state index in [4.69, 9.17) is 9.57 Å². The van der Waals surface area contributed by atoms with Crippen molar-refractivity contribution in [2.75, 3.05) is 0 Å².